The van der Waals surface area contributed by atoms with Gasteiger partial charge in [-0.05, 0) is 86.8 Å². The molecule has 4 bridgehead atoms. The highest BCUT2D eigenvalue weighted by Crippen LogP contribution is 2.65. The van der Waals surface area contributed by atoms with Crippen molar-refractivity contribution < 1.29 is 14.3 Å². The first-order chi connectivity index (χ1) is 13.2. The summed E-state index contributed by atoms with van der Waals surface area (Å²) in [7, 11) is 0. The molecule has 5 aliphatic rings. The molecule has 6 rings (SSSR count). The quantitative estimate of drug-likeness (QED) is 0.850. The van der Waals surface area contributed by atoms with E-state index < -0.39 is 11.6 Å². The Labute approximate surface area is 167 Å². The first-order valence-corrected chi connectivity index (χ1v) is 11.0. The number of carbonyl (C=O) groups excluding carboxylic acids is 1. The van der Waals surface area contributed by atoms with Crippen molar-refractivity contribution in [1.29, 1.82) is 0 Å². The molecule has 5 fully saturated rings. The van der Waals surface area contributed by atoms with Crippen LogP contribution in [0.1, 0.15) is 58.4 Å². The van der Waals surface area contributed by atoms with E-state index in [1.165, 1.54) is 25.7 Å². The van der Waals surface area contributed by atoms with Crippen molar-refractivity contribution >= 4 is 5.91 Å². The van der Waals surface area contributed by atoms with Crippen LogP contribution in [0, 0.1) is 35.4 Å². The number of hydrogen-bond acceptors (Lipinski definition) is 2. The van der Waals surface area contributed by atoms with Crippen LogP contribution in [0.15, 0.2) is 24.3 Å². The Bertz CT molecular complexity index is 756. The van der Waals surface area contributed by atoms with Crippen LogP contribution in [0.3, 0.4) is 0 Å². The van der Waals surface area contributed by atoms with Gasteiger partial charge in [-0.15, -0.1) is 0 Å². The van der Waals surface area contributed by atoms with E-state index in [1.807, 2.05) is 30.9 Å². The molecule has 0 aromatic heterocycles. The fourth-order valence-electron chi connectivity index (χ4n) is 7.36. The van der Waals surface area contributed by atoms with Crippen LogP contribution >= 0.6 is 0 Å². The highest BCUT2D eigenvalue weighted by Gasteiger charge is 2.61. The fourth-order valence-corrected chi connectivity index (χ4v) is 7.36. The molecular formula is C24H32FNO2. The lowest BCUT2D eigenvalue weighted by Crippen LogP contribution is -2.70. The lowest BCUT2D eigenvalue weighted by Gasteiger charge is -2.64. The zero-order valence-electron chi connectivity index (χ0n) is 17.2. The monoisotopic (exact) mass is 385 g/mol. The summed E-state index contributed by atoms with van der Waals surface area (Å²) in [4.78, 5) is 15.3. The van der Waals surface area contributed by atoms with E-state index in [0.717, 1.165) is 23.3 Å². The summed E-state index contributed by atoms with van der Waals surface area (Å²) in [5.41, 5.74) is 0.498. The normalized spacial score (nSPS) is 43.1. The van der Waals surface area contributed by atoms with Crippen LogP contribution in [0.4, 0.5) is 4.39 Å². The smallest absolute Gasteiger partial charge is 0.224 e. The number of aliphatic hydroxyl groups is 1. The Morgan fingerprint density at radius 1 is 1.11 bits per heavy atom. The first kappa shape index (κ1) is 18.6. The summed E-state index contributed by atoms with van der Waals surface area (Å²) in [5.74, 6) is 3.33. The van der Waals surface area contributed by atoms with Crippen molar-refractivity contribution in [1.82, 2.24) is 4.90 Å². The number of benzene rings is 1. The van der Waals surface area contributed by atoms with Crippen molar-refractivity contribution in [3.05, 3.63) is 35.6 Å². The SMILES string of the molecule is CC1C2CC3CC1CC(C2)C3(CC(=O)N1CC(O)C1(C)C)c1ccc(F)cc1. The minimum atomic E-state index is -0.485. The van der Waals surface area contributed by atoms with Gasteiger partial charge in [-0.3, -0.25) is 4.79 Å². The maximum atomic E-state index is 13.7. The summed E-state index contributed by atoms with van der Waals surface area (Å²) in [5, 5.41) is 10.1. The predicted octanol–water partition coefficient (Wildman–Crippen LogP) is 4.14. The maximum absolute atomic E-state index is 13.7. The standard InChI is InChI=1S/C24H32FNO2/c1-14-15-8-18-10-16(14)11-19(9-15)24(18,17-4-6-20(25)7-5-17)12-22(28)26-13-21(27)23(26,2)3/h4-7,14-16,18-19,21,27H,8-13H2,1-3H3. The lowest BCUT2D eigenvalue weighted by molar-refractivity contribution is -0.172. The largest absolute Gasteiger partial charge is 0.389 e. The van der Waals surface area contributed by atoms with Crippen LogP contribution in [-0.4, -0.2) is 34.1 Å². The zero-order valence-corrected chi connectivity index (χ0v) is 17.2. The topological polar surface area (TPSA) is 40.5 Å². The summed E-state index contributed by atoms with van der Waals surface area (Å²) in [6, 6.07) is 6.99. The maximum Gasteiger partial charge on any atom is 0.224 e. The fraction of sp³-hybridized carbons (Fsp3) is 0.708. The van der Waals surface area contributed by atoms with Crippen molar-refractivity contribution in [3.63, 3.8) is 0 Å². The van der Waals surface area contributed by atoms with Gasteiger partial charge in [-0.25, -0.2) is 4.39 Å². The van der Waals surface area contributed by atoms with Gasteiger partial charge >= 0.3 is 0 Å². The summed E-state index contributed by atoms with van der Waals surface area (Å²) in [6.45, 7) is 6.75. The Morgan fingerprint density at radius 2 is 1.64 bits per heavy atom. The van der Waals surface area contributed by atoms with Gasteiger partial charge in [0.25, 0.3) is 0 Å². The third kappa shape index (κ3) is 2.39. The van der Waals surface area contributed by atoms with Crippen LogP contribution in [0.2, 0.25) is 0 Å². The Kier molecular flexibility index (Phi) is 4.01. The summed E-state index contributed by atoms with van der Waals surface area (Å²) < 4.78 is 13.7. The second-order valence-corrected chi connectivity index (χ2v) is 10.6. The van der Waals surface area contributed by atoms with Gasteiger partial charge in [0.15, 0.2) is 0 Å². The van der Waals surface area contributed by atoms with Crippen LogP contribution in [-0.2, 0) is 10.2 Å². The molecular weight excluding hydrogens is 353 g/mol. The Hall–Kier alpha value is -1.42. The number of carbonyl (C=O) groups is 1. The van der Waals surface area contributed by atoms with E-state index in [0.29, 0.717) is 24.8 Å². The van der Waals surface area contributed by atoms with E-state index in [-0.39, 0.29) is 17.1 Å². The van der Waals surface area contributed by atoms with Gasteiger partial charge < -0.3 is 10.0 Å². The second-order valence-electron chi connectivity index (χ2n) is 10.6. The lowest BCUT2D eigenvalue weighted by atomic mass is 9.41. The van der Waals surface area contributed by atoms with Gasteiger partial charge in [0.2, 0.25) is 5.91 Å². The van der Waals surface area contributed by atoms with Gasteiger partial charge in [0, 0.05) is 18.4 Å². The first-order valence-electron chi connectivity index (χ1n) is 11.0. The number of halogens is 1. The van der Waals surface area contributed by atoms with Crippen molar-refractivity contribution in [2.24, 2.45) is 29.6 Å². The average molecular weight is 386 g/mol. The molecule has 3 nitrogen and oxygen atoms in total. The molecule has 1 aromatic rings. The van der Waals surface area contributed by atoms with E-state index in [9.17, 15) is 14.3 Å². The molecule has 4 aliphatic carbocycles. The summed E-state index contributed by atoms with van der Waals surface area (Å²) in [6.07, 6.45) is 4.85. The number of nitrogens with zero attached hydrogens (tertiary/aromatic N) is 1. The Morgan fingerprint density at radius 3 is 2.11 bits per heavy atom. The van der Waals surface area contributed by atoms with Crippen LogP contribution in [0.25, 0.3) is 0 Å². The van der Waals surface area contributed by atoms with Gasteiger partial charge in [-0.2, -0.15) is 0 Å². The highest BCUT2D eigenvalue weighted by atomic mass is 19.1. The third-order valence-electron chi connectivity index (χ3n) is 9.29. The van der Waals surface area contributed by atoms with Gasteiger partial charge in [0.05, 0.1) is 11.6 Å². The highest BCUT2D eigenvalue weighted by molar-refractivity contribution is 5.80. The molecule has 0 radical (unpaired) electrons. The molecule has 1 amide bonds. The van der Waals surface area contributed by atoms with E-state index >= 15 is 0 Å². The summed E-state index contributed by atoms with van der Waals surface area (Å²) >= 11 is 0. The molecule has 1 heterocycles. The molecule has 1 unspecified atom stereocenters. The number of amides is 1. The minimum absolute atomic E-state index is 0.153. The van der Waals surface area contributed by atoms with Crippen molar-refractivity contribution in [2.45, 2.75) is 69.9 Å². The van der Waals surface area contributed by atoms with E-state index in [4.69, 9.17) is 0 Å². The van der Waals surface area contributed by atoms with Gasteiger partial charge in [-0.1, -0.05) is 19.1 Å². The number of aliphatic hydroxyl groups excluding tert-OH is 1. The number of likely N-dealkylation sites (tertiary alicyclic amines) is 1. The third-order valence-corrected chi connectivity index (χ3v) is 9.29. The number of rotatable bonds is 3. The predicted molar refractivity (Wildman–Crippen MR) is 106 cm³/mol. The van der Waals surface area contributed by atoms with Crippen molar-refractivity contribution in [3.8, 4) is 0 Å². The van der Waals surface area contributed by atoms with Gasteiger partial charge in [0.1, 0.15) is 5.82 Å². The van der Waals surface area contributed by atoms with E-state index in [2.05, 4.69) is 6.92 Å². The zero-order chi connectivity index (χ0) is 19.8. The molecule has 28 heavy (non-hydrogen) atoms. The molecule has 1 saturated heterocycles. The molecule has 0 spiro atoms. The van der Waals surface area contributed by atoms with Crippen LogP contribution in [0.5, 0.6) is 0 Å². The van der Waals surface area contributed by atoms with Crippen molar-refractivity contribution in [2.75, 3.05) is 6.54 Å². The molecule has 1 atom stereocenters. The second kappa shape index (κ2) is 6.04. The van der Waals surface area contributed by atoms with E-state index in [1.54, 1.807) is 12.1 Å². The number of β-amino-alcohol motifs (C(OH)–C–C–N with tert-alkyl or cyclic N) is 1. The molecule has 4 saturated carbocycles. The van der Waals surface area contributed by atoms with Crippen LogP contribution < -0.4 is 0 Å². The molecule has 152 valence electrons. The Balaban J connectivity index is 1.52. The molecule has 1 N–H and O–H groups in total. The molecule has 1 aromatic carbocycles. The average Bonchev–Trinajstić information content (AvgIpc) is 2.64. The molecule has 4 heteroatoms. The molecule has 1 aliphatic heterocycles. The number of hydrogen-bond donors (Lipinski definition) is 1. The minimum Gasteiger partial charge on any atom is -0.389 e.